The lowest BCUT2D eigenvalue weighted by Crippen LogP contribution is -2.39. The monoisotopic (exact) mass is 544 g/mol. The van der Waals surface area contributed by atoms with Crippen LogP contribution in [0, 0.1) is 23.1 Å². The van der Waals surface area contributed by atoms with E-state index in [4.69, 9.17) is 4.74 Å². The van der Waals surface area contributed by atoms with E-state index in [1.165, 1.54) is 12.1 Å². The largest absolute Gasteiger partial charge is 0.416 e. The van der Waals surface area contributed by atoms with Gasteiger partial charge in [-0.2, -0.15) is 26.3 Å². The minimum absolute atomic E-state index is 0.0477. The third kappa shape index (κ3) is 6.08. The molecule has 2 nitrogen and oxygen atoms in total. The van der Waals surface area contributed by atoms with Crippen molar-refractivity contribution in [2.45, 2.75) is 83.4 Å². The van der Waals surface area contributed by atoms with Crippen LogP contribution in [0.2, 0.25) is 0 Å². The molecule has 0 N–H and O–H groups in total. The summed E-state index contributed by atoms with van der Waals surface area (Å²) in [5.74, 6) is -0.385. The van der Waals surface area contributed by atoms with Crippen molar-refractivity contribution in [2.24, 2.45) is 17.3 Å². The Bertz CT molecular complexity index is 1110. The minimum atomic E-state index is -4.94. The number of ketones is 1. The molecule has 2 aromatic carbocycles. The second-order valence-electron chi connectivity index (χ2n) is 11.0. The van der Waals surface area contributed by atoms with Crippen molar-refractivity contribution in [3.63, 3.8) is 0 Å². The summed E-state index contributed by atoms with van der Waals surface area (Å²) in [4.78, 5) is 12.4. The number of hydrogen-bond donors (Lipinski definition) is 0. The molecule has 38 heavy (non-hydrogen) atoms. The van der Waals surface area contributed by atoms with Crippen molar-refractivity contribution in [3.05, 3.63) is 70.5 Å². The fourth-order valence-electron chi connectivity index (χ4n) is 6.47. The molecule has 0 saturated heterocycles. The fraction of sp³-hybridized carbons (Fsp3) is 0.552. The normalized spacial score (nSPS) is 28.6. The summed E-state index contributed by atoms with van der Waals surface area (Å²) in [5, 5.41) is 0. The van der Waals surface area contributed by atoms with E-state index in [0.29, 0.717) is 37.8 Å². The summed E-state index contributed by atoms with van der Waals surface area (Å²) < 4.78 is 99.7. The van der Waals surface area contributed by atoms with Gasteiger partial charge in [0.25, 0.3) is 0 Å². The Morgan fingerprint density at radius 3 is 2.11 bits per heavy atom. The molecule has 2 aromatic rings. The van der Waals surface area contributed by atoms with Crippen LogP contribution >= 0.6 is 0 Å². The summed E-state index contributed by atoms with van der Waals surface area (Å²) in [6.07, 6.45) is -6.47. The van der Waals surface area contributed by atoms with Crippen LogP contribution in [0.15, 0.2) is 42.5 Å². The number of hydrogen-bond acceptors (Lipinski definition) is 2. The average molecular weight is 545 g/mol. The SMILES string of the molecule is CCC1C[C@](C)([C@@H]2CC[C@H](OCc3cc(C(F)(F)F)cc(C(F)(F)F)c3)[C@H]2c2ccc(F)cc2)CCC1=O. The van der Waals surface area contributed by atoms with Gasteiger partial charge in [-0.05, 0) is 84.9 Å². The maximum Gasteiger partial charge on any atom is 0.416 e. The van der Waals surface area contributed by atoms with Crippen molar-refractivity contribution >= 4 is 5.78 Å². The van der Waals surface area contributed by atoms with Gasteiger partial charge in [0.2, 0.25) is 0 Å². The highest BCUT2D eigenvalue weighted by atomic mass is 19.4. The van der Waals surface area contributed by atoms with Crippen molar-refractivity contribution in [1.82, 2.24) is 0 Å². The molecule has 0 aliphatic heterocycles. The lowest BCUT2D eigenvalue weighted by molar-refractivity contribution is -0.143. The molecule has 2 fully saturated rings. The van der Waals surface area contributed by atoms with Gasteiger partial charge >= 0.3 is 12.4 Å². The minimum Gasteiger partial charge on any atom is -0.373 e. The number of halogens is 7. The smallest absolute Gasteiger partial charge is 0.373 e. The Balaban J connectivity index is 1.63. The zero-order valence-electron chi connectivity index (χ0n) is 21.3. The molecular formula is C29H31F7O2. The third-order valence-electron chi connectivity index (χ3n) is 8.46. The van der Waals surface area contributed by atoms with E-state index in [1.807, 2.05) is 6.92 Å². The van der Waals surface area contributed by atoms with Gasteiger partial charge < -0.3 is 4.74 Å². The van der Waals surface area contributed by atoms with Crippen LogP contribution in [0.25, 0.3) is 0 Å². The molecule has 4 rings (SSSR count). The first-order valence-electron chi connectivity index (χ1n) is 12.9. The van der Waals surface area contributed by atoms with E-state index >= 15 is 0 Å². The quantitative estimate of drug-likeness (QED) is 0.340. The molecule has 9 heteroatoms. The molecule has 0 heterocycles. The van der Waals surface area contributed by atoms with Crippen LogP contribution in [-0.2, 0) is 28.5 Å². The molecule has 2 saturated carbocycles. The van der Waals surface area contributed by atoms with Crippen molar-refractivity contribution in [1.29, 1.82) is 0 Å². The molecule has 0 aromatic heterocycles. The number of rotatable bonds is 6. The highest BCUT2D eigenvalue weighted by Crippen LogP contribution is 2.56. The number of alkyl halides is 6. The van der Waals surface area contributed by atoms with Gasteiger partial charge in [0.05, 0.1) is 23.8 Å². The summed E-state index contributed by atoms with van der Waals surface area (Å²) in [7, 11) is 0. The number of benzene rings is 2. The van der Waals surface area contributed by atoms with Gasteiger partial charge in [-0.1, -0.05) is 26.0 Å². The number of carbonyl (C=O) groups is 1. The zero-order valence-corrected chi connectivity index (χ0v) is 21.3. The molecular weight excluding hydrogens is 513 g/mol. The average Bonchev–Trinajstić information content (AvgIpc) is 3.28. The first-order valence-corrected chi connectivity index (χ1v) is 12.9. The summed E-state index contributed by atoms with van der Waals surface area (Å²) in [6, 6.07) is 7.48. The molecule has 2 aliphatic carbocycles. The topological polar surface area (TPSA) is 26.3 Å². The van der Waals surface area contributed by atoms with Crippen LogP contribution in [0.5, 0.6) is 0 Å². The van der Waals surface area contributed by atoms with Crippen LogP contribution < -0.4 is 0 Å². The van der Waals surface area contributed by atoms with Gasteiger partial charge in [0.1, 0.15) is 11.6 Å². The summed E-state index contributed by atoms with van der Waals surface area (Å²) in [5.41, 5.74) is -2.37. The molecule has 5 atom stereocenters. The Labute approximate surface area is 217 Å². The van der Waals surface area contributed by atoms with Gasteiger partial charge in [0, 0.05) is 18.3 Å². The Morgan fingerprint density at radius 1 is 0.947 bits per heavy atom. The Morgan fingerprint density at radius 2 is 1.55 bits per heavy atom. The maximum atomic E-state index is 13.7. The molecule has 0 amide bonds. The summed E-state index contributed by atoms with van der Waals surface area (Å²) in [6.45, 7) is 3.71. The highest BCUT2D eigenvalue weighted by molar-refractivity contribution is 5.81. The van der Waals surface area contributed by atoms with Gasteiger partial charge in [-0.15, -0.1) is 0 Å². The predicted molar refractivity (Wildman–Crippen MR) is 128 cm³/mol. The summed E-state index contributed by atoms with van der Waals surface area (Å²) >= 11 is 0. The highest BCUT2D eigenvalue weighted by Gasteiger charge is 2.50. The van der Waals surface area contributed by atoms with E-state index < -0.39 is 42.0 Å². The lowest BCUT2D eigenvalue weighted by atomic mass is 9.60. The van der Waals surface area contributed by atoms with E-state index in [1.54, 1.807) is 12.1 Å². The van der Waals surface area contributed by atoms with E-state index in [0.717, 1.165) is 18.4 Å². The number of carbonyl (C=O) groups excluding carboxylic acids is 1. The van der Waals surface area contributed by atoms with Crippen molar-refractivity contribution in [3.8, 4) is 0 Å². The first-order chi connectivity index (χ1) is 17.7. The van der Waals surface area contributed by atoms with Crippen LogP contribution in [0.3, 0.4) is 0 Å². The van der Waals surface area contributed by atoms with E-state index in [9.17, 15) is 35.5 Å². The van der Waals surface area contributed by atoms with E-state index in [2.05, 4.69) is 6.92 Å². The van der Waals surface area contributed by atoms with Gasteiger partial charge in [-0.25, -0.2) is 4.39 Å². The number of ether oxygens (including phenoxy) is 1. The second-order valence-corrected chi connectivity index (χ2v) is 11.0. The van der Waals surface area contributed by atoms with Crippen LogP contribution in [0.4, 0.5) is 30.7 Å². The Kier molecular flexibility index (Phi) is 7.99. The standard InChI is InChI=1S/C29H31F7O2/c1-3-18-15-27(2,11-10-24(18)37)23-8-9-25(26(23)19-4-6-22(30)7-5-19)38-16-17-12-20(28(31,32)33)14-21(13-17)29(34,35)36/h4-7,12-14,18,23,25-26H,3,8-11,15-16H2,1-2H3/t18?,23-,25+,26+,27-/m1/s1. The zero-order chi connectivity index (χ0) is 27.9. The molecule has 2 aliphatic rings. The van der Waals surface area contributed by atoms with Crippen LogP contribution in [-0.4, -0.2) is 11.9 Å². The van der Waals surface area contributed by atoms with E-state index in [-0.39, 0.29) is 40.6 Å². The molecule has 0 bridgehead atoms. The predicted octanol–water partition coefficient (Wildman–Crippen LogP) is 8.73. The fourth-order valence-corrected chi connectivity index (χ4v) is 6.47. The first kappa shape index (κ1) is 28.6. The molecule has 1 unspecified atom stereocenters. The van der Waals surface area contributed by atoms with Gasteiger partial charge in [-0.3, -0.25) is 4.79 Å². The molecule has 208 valence electrons. The lowest BCUT2D eigenvalue weighted by Gasteiger charge is -2.45. The van der Waals surface area contributed by atoms with Crippen molar-refractivity contribution in [2.75, 3.05) is 0 Å². The van der Waals surface area contributed by atoms with Crippen LogP contribution in [0.1, 0.15) is 80.5 Å². The van der Waals surface area contributed by atoms with Gasteiger partial charge in [0.15, 0.2) is 0 Å². The maximum absolute atomic E-state index is 13.7. The van der Waals surface area contributed by atoms with Crippen molar-refractivity contribution < 1.29 is 40.3 Å². The molecule has 0 radical (unpaired) electrons. The third-order valence-corrected chi connectivity index (χ3v) is 8.46. The Hall–Kier alpha value is -2.42. The molecule has 0 spiro atoms. The second kappa shape index (κ2) is 10.6. The number of Topliss-reactive ketones (excluding diaryl/α,β-unsaturated/α-hetero) is 1.